The van der Waals surface area contributed by atoms with Crippen molar-refractivity contribution in [3.05, 3.63) is 69.5 Å². The fraction of sp³-hybridized carbons (Fsp3) is 0.304. The first kappa shape index (κ1) is 21.6. The summed E-state index contributed by atoms with van der Waals surface area (Å²) < 4.78 is 11.1. The molecule has 3 aromatic rings. The summed E-state index contributed by atoms with van der Waals surface area (Å²) in [5, 5.41) is 5.31. The average Bonchev–Trinajstić information content (AvgIpc) is 3.26. The largest absolute Gasteiger partial charge is 0.497 e. The number of methoxy groups -OCH3 is 1. The lowest BCUT2D eigenvalue weighted by Crippen LogP contribution is -2.40. The molecule has 1 fully saturated rings. The van der Waals surface area contributed by atoms with E-state index in [1.807, 2.05) is 53.4 Å². The average molecular weight is 458 g/mol. The molecule has 1 saturated heterocycles. The van der Waals surface area contributed by atoms with E-state index in [1.54, 1.807) is 7.11 Å². The number of pyridine rings is 1. The van der Waals surface area contributed by atoms with Crippen LogP contribution in [0.1, 0.15) is 18.4 Å². The lowest BCUT2D eigenvalue weighted by Gasteiger charge is -2.28. The number of fused-ring (bicyclic) bond motifs is 1. The number of hydrogen-bond donors (Lipinski definition) is 2. The maximum atomic E-state index is 12.8. The molecule has 2 aromatic carbocycles. The van der Waals surface area contributed by atoms with Crippen LogP contribution in [0, 0.1) is 0 Å². The number of nitrogens with zero attached hydrogens (tertiary/aromatic N) is 1. The van der Waals surface area contributed by atoms with Gasteiger partial charge in [0.15, 0.2) is 5.11 Å². The third kappa shape index (κ3) is 5.36. The number of anilines is 1. The monoisotopic (exact) mass is 457 g/mol. The van der Waals surface area contributed by atoms with Gasteiger partial charge in [0.1, 0.15) is 5.75 Å². The van der Waals surface area contributed by atoms with E-state index < -0.39 is 0 Å². The second-order valence-electron chi connectivity index (χ2n) is 7.53. The van der Waals surface area contributed by atoms with Gasteiger partial charge in [-0.05, 0) is 66.8 Å². The Bertz CT molecular complexity index is 1140. The summed E-state index contributed by atoms with van der Waals surface area (Å²) in [4.78, 5) is 17.7. The Kier molecular flexibility index (Phi) is 6.75. The second-order valence-corrected chi connectivity index (χ2v) is 8.36. The van der Waals surface area contributed by atoms with Crippen LogP contribution >= 0.6 is 23.8 Å². The van der Waals surface area contributed by atoms with Gasteiger partial charge in [-0.25, -0.2) is 0 Å². The van der Waals surface area contributed by atoms with Crippen molar-refractivity contribution < 1.29 is 9.47 Å². The molecule has 4 rings (SSSR count). The summed E-state index contributed by atoms with van der Waals surface area (Å²) in [5.41, 5.74) is 2.02. The molecule has 1 unspecified atom stereocenters. The lowest BCUT2D eigenvalue weighted by atomic mass is 10.1. The Morgan fingerprint density at radius 2 is 2.19 bits per heavy atom. The van der Waals surface area contributed by atoms with Gasteiger partial charge in [0.2, 0.25) is 0 Å². The predicted octanol–water partition coefficient (Wildman–Crippen LogP) is 4.57. The standard InChI is InChI=1S/C23H24ClN3O3S/c1-29-19-8-7-15-10-16(22(28)26-21(15)12-19)13-27(14-20-6-3-9-30-20)23(31)25-18-5-2-4-17(24)11-18/h2,4-5,7-8,10-12,20H,3,6,9,13-14H2,1H3,(H,25,31)(H,26,28). The van der Waals surface area contributed by atoms with Gasteiger partial charge in [-0.3, -0.25) is 4.79 Å². The second kappa shape index (κ2) is 9.68. The van der Waals surface area contributed by atoms with Crippen molar-refractivity contribution in [1.29, 1.82) is 0 Å². The quantitative estimate of drug-likeness (QED) is 0.528. The molecule has 2 heterocycles. The molecule has 6 nitrogen and oxygen atoms in total. The zero-order chi connectivity index (χ0) is 21.8. The Morgan fingerprint density at radius 1 is 1.32 bits per heavy atom. The highest BCUT2D eigenvalue weighted by Crippen LogP contribution is 2.21. The molecular weight excluding hydrogens is 434 g/mol. The minimum atomic E-state index is -0.149. The predicted molar refractivity (Wildman–Crippen MR) is 128 cm³/mol. The van der Waals surface area contributed by atoms with Gasteiger partial charge < -0.3 is 24.7 Å². The molecule has 1 aromatic heterocycles. The number of halogens is 1. The molecular formula is C23H24ClN3O3S. The first-order chi connectivity index (χ1) is 15.0. The Hall–Kier alpha value is -2.61. The number of benzene rings is 2. The molecule has 0 saturated carbocycles. The highest BCUT2D eigenvalue weighted by molar-refractivity contribution is 7.80. The molecule has 1 aliphatic heterocycles. The summed E-state index contributed by atoms with van der Waals surface area (Å²) in [6.45, 7) is 1.72. The number of ether oxygens (including phenoxy) is 2. The van der Waals surface area contributed by atoms with Crippen molar-refractivity contribution in [2.45, 2.75) is 25.5 Å². The van der Waals surface area contributed by atoms with Gasteiger partial charge in [-0.2, -0.15) is 0 Å². The van der Waals surface area contributed by atoms with E-state index in [-0.39, 0.29) is 11.7 Å². The van der Waals surface area contributed by atoms with Crippen LogP contribution in [-0.2, 0) is 11.3 Å². The molecule has 8 heteroatoms. The number of H-pyrrole nitrogens is 1. The van der Waals surface area contributed by atoms with E-state index in [0.29, 0.717) is 34.5 Å². The molecule has 1 atom stereocenters. The van der Waals surface area contributed by atoms with Gasteiger partial charge in [-0.15, -0.1) is 0 Å². The van der Waals surface area contributed by atoms with Crippen LogP contribution in [0.5, 0.6) is 5.75 Å². The van der Waals surface area contributed by atoms with Crippen LogP contribution in [0.2, 0.25) is 5.02 Å². The third-order valence-corrected chi connectivity index (χ3v) is 5.90. The van der Waals surface area contributed by atoms with Gasteiger partial charge >= 0.3 is 0 Å². The molecule has 0 aliphatic carbocycles. The highest BCUT2D eigenvalue weighted by atomic mass is 35.5. The molecule has 31 heavy (non-hydrogen) atoms. The fourth-order valence-corrected chi connectivity index (χ4v) is 4.14. The normalized spacial score (nSPS) is 15.7. The van der Waals surface area contributed by atoms with Crippen molar-refractivity contribution in [3.63, 3.8) is 0 Å². The van der Waals surface area contributed by atoms with Crippen molar-refractivity contribution in [2.24, 2.45) is 0 Å². The summed E-state index contributed by atoms with van der Waals surface area (Å²) in [6, 6.07) is 14.9. The summed E-state index contributed by atoms with van der Waals surface area (Å²) in [6.07, 6.45) is 2.10. The molecule has 0 spiro atoms. The first-order valence-corrected chi connectivity index (χ1v) is 10.9. The van der Waals surface area contributed by atoms with Gasteiger partial charge in [-0.1, -0.05) is 17.7 Å². The van der Waals surface area contributed by atoms with Crippen molar-refractivity contribution >= 4 is 45.5 Å². The zero-order valence-electron chi connectivity index (χ0n) is 17.2. The first-order valence-electron chi connectivity index (χ1n) is 10.1. The number of rotatable bonds is 6. The molecule has 0 bridgehead atoms. The van der Waals surface area contributed by atoms with E-state index in [1.165, 1.54) is 0 Å². The highest BCUT2D eigenvalue weighted by Gasteiger charge is 2.22. The summed E-state index contributed by atoms with van der Waals surface area (Å²) in [5.74, 6) is 0.697. The van der Waals surface area contributed by atoms with Gasteiger partial charge in [0, 0.05) is 35.5 Å². The van der Waals surface area contributed by atoms with Crippen LogP contribution in [0.4, 0.5) is 5.69 Å². The van der Waals surface area contributed by atoms with Crippen molar-refractivity contribution in [3.8, 4) is 5.75 Å². The Balaban J connectivity index is 1.59. The van der Waals surface area contributed by atoms with Gasteiger partial charge in [0.25, 0.3) is 5.56 Å². The topological polar surface area (TPSA) is 66.6 Å². The fourth-order valence-electron chi connectivity index (χ4n) is 3.70. The van der Waals surface area contributed by atoms with Crippen LogP contribution in [0.15, 0.2) is 53.3 Å². The summed E-state index contributed by atoms with van der Waals surface area (Å²) >= 11 is 11.8. The maximum absolute atomic E-state index is 12.8. The van der Waals surface area contributed by atoms with Crippen molar-refractivity contribution in [2.75, 3.05) is 25.6 Å². The Labute approximate surface area is 191 Å². The number of thiocarbonyl (C=S) groups is 1. The summed E-state index contributed by atoms with van der Waals surface area (Å²) in [7, 11) is 1.60. The molecule has 2 N–H and O–H groups in total. The Morgan fingerprint density at radius 3 is 2.94 bits per heavy atom. The number of hydrogen-bond acceptors (Lipinski definition) is 4. The number of aromatic nitrogens is 1. The van der Waals surface area contributed by atoms with Crippen LogP contribution in [0.3, 0.4) is 0 Å². The van der Waals surface area contributed by atoms with E-state index in [2.05, 4.69) is 10.3 Å². The third-order valence-electron chi connectivity index (χ3n) is 5.30. The van der Waals surface area contributed by atoms with Crippen LogP contribution in [-0.4, -0.2) is 41.4 Å². The van der Waals surface area contributed by atoms with Crippen LogP contribution in [0.25, 0.3) is 10.9 Å². The number of aromatic amines is 1. The smallest absolute Gasteiger partial charge is 0.253 e. The SMILES string of the molecule is COc1ccc2cc(CN(CC3CCCO3)C(=S)Nc3cccc(Cl)c3)c(=O)[nH]c2c1. The van der Waals surface area contributed by atoms with E-state index in [4.69, 9.17) is 33.3 Å². The van der Waals surface area contributed by atoms with Crippen molar-refractivity contribution in [1.82, 2.24) is 9.88 Å². The van der Waals surface area contributed by atoms with Gasteiger partial charge in [0.05, 0.1) is 25.3 Å². The minimum absolute atomic E-state index is 0.0860. The maximum Gasteiger partial charge on any atom is 0.253 e. The van der Waals surface area contributed by atoms with E-state index in [0.717, 1.165) is 36.0 Å². The molecule has 0 radical (unpaired) electrons. The van der Waals surface area contributed by atoms with E-state index in [9.17, 15) is 4.79 Å². The zero-order valence-corrected chi connectivity index (χ0v) is 18.8. The molecule has 0 amide bonds. The number of nitrogens with one attached hydrogen (secondary N) is 2. The lowest BCUT2D eigenvalue weighted by molar-refractivity contribution is 0.0904. The molecule has 162 valence electrons. The van der Waals surface area contributed by atoms with Crippen LogP contribution < -0.4 is 15.6 Å². The molecule has 1 aliphatic rings. The minimum Gasteiger partial charge on any atom is -0.497 e. The van der Waals surface area contributed by atoms with E-state index >= 15 is 0 Å².